The molecule has 0 saturated carbocycles. The number of nitrogen functional groups attached to an aromatic ring is 1. The van der Waals surface area contributed by atoms with E-state index in [0.717, 1.165) is 9.87 Å². The Morgan fingerprint density at radius 1 is 0.950 bits per heavy atom. The number of sulfonamides is 1. The highest BCUT2D eigenvalue weighted by Crippen LogP contribution is 2.31. The number of benzene rings is 4. The molecule has 0 aromatic heterocycles. The van der Waals surface area contributed by atoms with Crippen LogP contribution in [0.5, 0.6) is 0 Å². The van der Waals surface area contributed by atoms with E-state index in [4.69, 9.17) is 34.3 Å². The van der Waals surface area contributed by atoms with E-state index in [1.54, 1.807) is 48.5 Å². The van der Waals surface area contributed by atoms with E-state index in [-0.39, 0.29) is 44.4 Å². The molecule has 0 aliphatic carbocycles. The molecule has 4 rings (SSSR count). The van der Waals surface area contributed by atoms with Crippen molar-refractivity contribution >= 4 is 67.4 Å². The van der Waals surface area contributed by atoms with Crippen LogP contribution in [0.4, 0.5) is 5.69 Å². The molecule has 0 spiro atoms. The molecule has 4 aromatic carbocycles. The summed E-state index contributed by atoms with van der Waals surface area (Å²) in [6, 6.07) is 20.1. The van der Waals surface area contributed by atoms with Crippen LogP contribution in [0, 0.1) is 5.41 Å². The van der Waals surface area contributed by atoms with Gasteiger partial charge in [0.15, 0.2) is 0 Å². The van der Waals surface area contributed by atoms with Gasteiger partial charge in [0.2, 0.25) is 0 Å². The van der Waals surface area contributed by atoms with Crippen LogP contribution in [-0.2, 0) is 21.4 Å². The number of nitrogens with two attached hydrogens (primary N) is 1. The predicted molar refractivity (Wildman–Crippen MR) is 155 cm³/mol. The third-order valence-corrected chi connectivity index (χ3v) is 8.01. The van der Waals surface area contributed by atoms with Crippen LogP contribution < -0.4 is 15.4 Å². The second kappa shape index (κ2) is 12.3. The van der Waals surface area contributed by atoms with Gasteiger partial charge in [0.05, 0.1) is 10.6 Å². The summed E-state index contributed by atoms with van der Waals surface area (Å²) < 4.78 is 27.6. The van der Waals surface area contributed by atoms with Crippen molar-refractivity contribution in [2.75, 3.05) is 10.8 Å². The Labute approximate surface area is 239 Å². The number of amidine groups is 1. The minimum absolute atomic E-state index is 0. The SMILES string of the molecule is N=C(N)c1ccc(CNC(=O)c2cccc3cc(N(CC(=O)O)S(=O)(=O)c4cc(Cl)cc(Cl)c4)ccc23)cc1.O. The van der Waals surface area contributed by atoms with E-state index in [9.17, 15) is 23.1 Å². The lowest BCUT2D eigenvalue weighted by Crippen LogP contribution is -2.35. The van der Waals surface area contributed by atoms with E-state index >= 15 is 0 Å². The molecule has 40 heavy (non-hydrogen) atoms. The number of anilines is 1. The van der Waals surface area contributed by atoms with Crippen LogP contribution in [0.2, 0.25) is 10.0 Å². The molecular weight excluding hydrogens is 579 g/mol. The Morgan fingerprint density at radius 2 is 1.60 bits per heavy atom. The fourth-order valence-electron chi connectivity index (χ4n) is 3.95. The van der Waals surface area contributed by atoms with Crippen LogP contribution in [0.1, 0.15) is 21.5 Å². The van der Waals surface area contributed by atoms with E-state index < -0.39 is 22.5 Å². The lowest BCUT2D eigenvalue weighted by molar-refractivity contribution is -0.135. The normalized spacial score (nSPS) is 10.9. The van der Waals surface area contributed by atoms with Gasteiger partial charge in [-0.1, -0.05) is 65.7 Å². The zero-order chi connectivity index (χ0) is 28.3. The summed E-state index contributed by atoms with van der Waals surface area (Å²) >= 11 is 12.0. The fourth-order valence-corrected chi connectivity index (χ4v) is 6.08. The quantitative estimate of drug-likeness (QED) is 0.166. The second-order valence-electron chi connectivity index (χ2n) is 8.51. The largest absolute Gasteiger partial charge is 0.480 e. The third kappa shape index (κ3) is 6.69. The van der Waals surface area contributed by atoms with Crippen LogP contribution in [-0.4, -0.2) is 43.3 Å². The van der Waals surface area contributed by atoms with Gasteiger partial charge in [-0.15, -0.1) is 0 Å². The lowest BCUT2D eigenvalue weighted by Gasteiger charge is -2.23. The van der Waals surface area contributed by atoms with Crippen molar-refractivity contribution in [3.8, 4) is 0 Å². The number of fused-ring (bicyclic) bond motifs is 1. The molecule has 0 aliphatic rings. The molecule has 7 N–H and O–H groups in total. The van der Waals surface area contributed by atoms with Crippen molar-refractivity contribution in [1.82, 2.24) is 5.32 Å². The van der Waals surface area contributed by atoms with Gasteiger partial charge in [-0.3, -0.25) is 19.3 Å². The number of hydrogen-bond donors (Lipinski definition) is 4. The summed E-state index contributed by atoms with van der Waals surface area (Å²) in [4.78, 5) is 24.4. The summed E-state index contributed by atoms with van der Waals surface area (Å²) in [6.07, 6.45) is 0. The van der Waals surface area contributed by atoms with Gasteiger partial charge in [-0.2, -0.15) is 0 Å². The monoisotopic (exact) mass is 602 g/mol. The molecule has 0 radical (unpaired) electrons. The maximum Gasteiger partial charge on any atom is 0.324 e. The maximum atomic E-state index is 13.4. The van der Waals surface area contributed by atoms with E-state index in [1.165, 1.54) is 30.3 Å². The Bertz CT molecular complexity index is 1690. The van der Waals surface area contributed by atoms with Crippen LogP contribution in [0.15, 0.2) is 83.8 Å². The van der Waals surface area contributed by atoms with Gasteiger partial charge in [-0.05, 0) is 52.7 Å². The number of aliphatic carboxylic acids is 1. The van der Waals surface area contributed by atoms with Crippen molar-refractivity contribution in [3.63, 3.8) is 0 Å². The molecule has 0 unspecified atom stereocenters. The molecule has 10 nitrogen and oxygen atoms in total. The van der Waals surface area contributed by atoms with Gasteiger partial charge < -0.3 is 21.6 Å². The molecule has 0 heterocycles. The highest BCUT2D eigenvalue weighted by atomic mass is 35.5. The van der Waals surface area contributed by atoms with Crippen molar-refractivity contribution in [2.24, 2.45) is 5.73 Å². The molecular formula is C27H24Cl2N4O6S. The first kappa shape index (κ1) is 30.4. The Kier molecular flexibility index (Phi) is 9.38. The summed E-state index contributed by atoms with van der Waals surface area (Å²) in [5.41, 5.74) is 7.30. The lowest BCUT2D eigenvalue weighted by atomic mass is 10.0. The summed E-state index contributed by atoms with van der Waals surface area (Å²) in [6.45, 7) is -0.612. The molecule has 0 saturated heterocycles. The number of nitrogens with one attached hydrogen (secondary N) is 2. The maximum absolute atomic E-state index is 13.4. The van der Waals surface area contributed by atoms with Crippen LogP contribution in [0.25, 0.3) is 10.8 Å². The van der Waals surface area contributed by atoms with Crippen molar-refractivity contribution in [1.29, 1.82) is 5.41 Å². The predicted octanol–water partition coefficient (Wildman–Crippen LogP) is 3.82. The number of carboxylic acids is 1. The van der Waals surface area contributed by atoms with Gasteiger partial charge in [0.1, 0.15) is 12.4 Å². The van der Waals surface area contributed by atoms with Gasteiger partial charge >= 0.3 is 5.97 Å². The average molecular weight is 603 g/mol. The number of amides is 1. The summed E-state index contributed by atoms with van der Waals surface area (Å²) in [5.74, 6) is -1.77. The summed E-state index contributed by atoms with van der Waals surface area (Å²) in [7, 11) is -4.35. The van der Waals surface area contributed by atoms with E-state index in [0.29, 0.717) is 21.9 Å². The first-order valence-corrected chi connectivity index (χ1v) is 13.6. The molecule has 208 valence electrons. The van der Waals surface area contributed by atoms with E-state index in [1.807, 2.05) is 0 Å². The van der Waals surface area contributed by atoms with Gasteiger partial charge in [-0.25, -0.2) is 8.42 Å². The first-order valence-electron chi connectivity index (χ1n) is 11.4. The number of hydrogen-bond acceptors (Lipinski definition) is 5. The second-order valence-corrected chi connectivity index (χ2v) is 11.3. The molecule has 0 aliphatic heterocycles. The highest BCUT2D eigenvalue weighted by Gasteiger charge is 2.28. The first-order chi connectivity index (χ1) is 18.5. The Morgan fingerprint density at radius 3 is 2.20 bits per heavy atom. The standard InChI is InChI=1S/C27H22Cl2N4O5S.H2O/c28-19-11-20(29)13-22(12-19)39(37,38)33(15-25(34)35)21-8-9-23-18(10-21)2-1-3-24(23)27(36)32-14-16-4-6-17(7-5-16)26(30)31;/h1-13H,14-15H2,(H3,30,31)(H,32,36)(H,34,35);1H2. The zero-order valence-electron chi connectivity index (χ0n) is 20.7. The van der Waals surface area contributed by atoms with Crippen LogP contribution in [0.3, 0.4) is 0 Å². The minimum Gasteiger partial charge on any atom is -0.480 e. The number of carboxylic acid groups (broad SMARTS) is 1. The smallest absolute Gasteiger partial charge is 0.324 e. The fraction of sp³-hybridized carbons (Fsp3) is 0.0741. The Balaban J connectivity index is 0.00000441. The molecule has 13 heteroatoms. The minimum atomic E-state index is -4.35. The van der Waals surface area contributed by atoms with Gasteiger partial charge in [0, 0.05) is 27.7 Å². The molecule has 4 aromatic rings. The number of rotatable bonds is 9. The Hall–Kier alpha value is -4.16. The third-order valence-electron chi connectivity index (χ3n) is 5.82. The average Bonchev–Trinajstić information content (AvgIpc) is 2.89. The van der Waals surface area contributed by atoms with Crippen molar-refractivity contribution in [2.45, 2.75) is 11.4 Å². The molecule has 0 bridgehead atoms. The number of carbonyl (C=O) groups is 2. The number of nitrogens with zero attached hydrogens (tertiary/aromatic N) is 1. The zero-order valence-corrected chi connectivity index (χ0v) is 23.0. The number of carbonyl (C=O) groups excluding carboxylic acids is 1. The van der Waals surface area contributed by atoms with Crippen LogP contribution >= 0.6 is 23.2 Å². The van der Waals surface area contributed by atoms with Crippen molar-refractivity contribution in [3.05, 3.63) is 106 Å². The molecule has 0 atom stereocenters. The summed E-state index contributed by atoms with van der Waals surface area (Å²) in [5, 5.41) is 21.0. The topological polar surface area (TPSA) is 185 Å². The number of halogens is 2. The van der Waals surface area contributed by atoms with Gasteiger partial charge in [0.25, 0.3) is 15.9 Å². The highest BCUT2D eigenvalue weighted by molar-refractivity contribution is 7.92. The van der Waals surface area contributed by atoms with E-state index in [2.05, 4.69) is 5.32 Å². The van der Waals surface area contributed by atoms with Crippen molar-refractivity contribution < 1.29 is 28.6 Å². The molecule has 1 amide bonds. The molecule has 0 fully saturated rings.